The minimum absolute atomic E-state index is 0.0980. The summed E-state index contributed by atoms with van der Waals surface area (Å²) in [7, 11) is 1.59. The molecular formula is C26H29NO5. The van der Waals surface area contributed by atoms with Crippen molar-refractivity contribution in [2.75, 3.05) is 26.9 Å². The normalized spacial score (nSPS) is 17.6. The second-order valence-corrected chi connectivity index (χ2v) is 7.83. The number of aliphatic hydroxyl groups is 1. The monoisotopic (exact) mass is 435 g/mol. The number of Topliss-reactive ketones (excluding diaryl/α,β-unsaturated/α-hetero) is 1. The van der Waals surface area contributed by atoms with Crippen LogP contribution in [-0.2, 0) is 14.3 Å². The van der Waals surface area contributed by atoms with Gasteiger partial charge in [0, 0.05) is 25.8 Å². The van der Waals surface area contributed by atoms with E-state index in [0.29, 0.717) is 37.5 Å². The van der Waals surface area contributed by atoms with Gasteiger partial charge in [-0.3, -0.25) is 9.59 Å². The summed E-state index contributed by atoms with van der Waals surface area (Å²) in [6.45, 7) is 8.59. The summed E-state index contributed by atoms with van der Waals surface area (Å²) in [6, 6.07) is 12.2. The van der Waals surface area contributed by atoms with Crippen LogP contribution in [0.3, 0.4) is 0 Å². The maximum Gasteiger partial charge on any atom is 0.295 e. The summed E-state index contributed by atoms with van der Waals surface area (Å²) < 4.78 is 10.7. The molecule has 168 valence electrons. The number of aryl methyl sites for hydroxylation is 2. The molecule has 1 fully saturated rings. The van der Waals surface area contributed by atoms with Crippen LogP contribution in [0, 0.1) is 13.8 Å². The van der Waals surface area contributed by atoms with E-state index in [0.717, 1.165) is 16.7 Å². The lowest BCUT2D eigenvalue weighted by atomic mass is 9.93. The molecule has 1 aliphatic rings. The largest absolute Gasteiger partial charge is 0.507 e. The molecule has 1 N–H and O–H groups in total. The van der Waals surface area contributed by atoms with Gasteiger partial charge < -0.3 is 19.5 Å². The van der Waals surface area contributed by atoms with Crippen molar-refractivity contribution >= 4 is 17.4 Å². The number of hydrogen-bond donors (Lipinski definition) is 1. The van der Waals surface area contributed by atoms with Crippen LogP contribution < -0.4 is 4.74 Å². The topological polar surface area (TPSA) is 76.1 Å². The van der Waals surface area contributed by atoms with Crippen molar-refractivity contribution in [3.05, 3.63) is 82.9 Å². The summed E-state index contributed by atoms with van der Waals surface area (Å²) in [5.74, 6) is -0.807. The molecule has 0 spiro atoms. The Morgan fingerprint density at radius 3 is 2.53 bits per heavy atom. The number of benzene rings is 2. The highest BCUT2D eigenvalue weighted by molar-refractivity contribution is 6.46. The van der Waals surface area contributed by atoms with E-state index in [2.05, 4.69) is 6.58 Å². The molecule has 2 aromatic carbocycles. The van der Waals surface area contributed by atoms with Crippen LogP contribution in [0.2, 0.25) is 0 Å². The number of amides is 1. The Labute approximate surface area is 188 Å². The summed E-state index contributed by atoms with van der Waals surface area (Å²) in [6.07, 6.45) is 2.23. The number of likely N-dealkylation sites (tertiary alicyclic amines) is 1. The minimum atomic E-state index is -0.694. The fourth-order valence-corrected chi connectivity index (χ4v) is 3.87. The average Bonchev–Trinajstić information content (AvgIpc) is 3.04. The standard InChI is InChI=1S/C26H29NO5/c1-5-14-32-20-11-9-19(10-12-20)23-22(24(28)21-16-17(2)7-8-18(21)3)25(29)26(30)27(23)13-6-15-31-4/h5,7-12,16,23,28H,1,6,13-15H2,2-4H3/b24-22+. The van der Waals surface area contributed by atoms with Crippen LogP contribution in [-0.4, -0.2) is 48.6 Å². The highest BCUT2D eigenvalue weighted by atomic mass is 16.5. The zero-order chi connectivity index (χ0) is 23.3. The second kappa shape index (κ2) is 10.3. The first-order valence-corrected chi connectivity index (χ1v) is 10.6. The zero-order valence-corrected chi connectivity index (χ0v) is 18.8. The average molecular weight is 436 g/mol. The Kier molecular flexibility index (Phi) is 7.49. The maximum absolute atomic E-state index is 13.1. The molecule has 0 radical (unpaired) electrons. The van der Waals surface area contributed by atoms with Crippen LogP contribution in [0.25, 0.3) is 5.76 Å². The second-order valence-electron chi connectivity index (χ2n) is 7.83. The minimum Gasteiger partial charge on any atom is -0.507 e. The van der Waals surface area contributed by atoms with E-state index < -0.39 is 17.7 Å². The van der Waals surface area contributed by atoms with E-state index >= 15 is 0 Å². The van der Waals surface area contributed by atoms with Crippen molar-refractivity contribution in [3.63, 3.8) is 0 Å². The van der Waals surface area contributed by atoms with Gasteiger partial charge >= 0.3 is 0 Å². The lowest BCUT2D eigenvalue weighted by Crippen LogP contribution is -2.31. The van der Waals surface area contributed by atoms with Crippen molar-refractivity contribution in [2.45, 2.75) is 26.3 Å². The van der Waals surface area contributed by atoms with Crippen molar-refractivity contribution in [1.82, 2.24) is 4.90 Å². The van der Waals surface area contributed by atoms with Gasteiger partial charge in [-0.2, -0.15) is 0 Å². The Hall–Kier alpha value is -3.38. The molecule has 6 nitrogen and oxygen atoms in total. The van der Waals surface area contributed by atoms with Gasteiger partial charge in [-0.05, 0) is 49.6 Å². The van der Waals surface area contributed by atoms with Gasteiger partial charge in [0.15, 0.2) is 0 Å². The molecule has 2 aromatic rings. The third kappa shape index (κ3) is 4.75. The molecule has 1 amide bonds. The third-order valence-electron chi connectivity index (χ3n) is 5.50. The smallest absolute Gasteiger partial charge is 0.295 e. The number of aliphatic hydroxyl groups excluding tert-OH is 1. The van der Waals surface area contributed by atoms with Crippen molar-refractivity contribution in [2.24, 2.45) is 0 Å². The zero-order valence-electron chi connectivity index (χ0n) is 18.8. The SMILES string of the molecule is C=CCOc1ccc(C2/C(=C(\O)c3cc(C)ccc3C)C(=O)C(=O)N2CCCOC)cc1. The van der Waals surface area contributed by atoms with Crippen LogP contribution in [0.15, 0.2) is 60.7 Å². The first-order valence-electron chi connectivity index (χ1n) is 10.6. The predicted molar refractivity (Wildman–Crippen MR) is 124 cm³/mol. The quantitative estimate of drug-likeness (QED) is 0.209. The van der Waals surface area contributed by atoms with E-state index in [1.165, 1.54) is 4.90 Å². The van der Waals surface area contributed by atoms with E-state index in [1.807, 2.05) is 44.2 Å². The number of ether oxygens (including phenoxy) is 2. The fraction of sp³-hybridized carbons (Fsp3) is 0.308. The van der Waals surface area contributed by atoms with Gasteiger partial charge in [-0.1, -0.05) is 42.5 Å². The highest BCUT2D eigenvalue weighted by Crippen LogP contribution is 2.40. The molecular weight excluding hydrogens is 406 g/mol. The number of carbonyl (C=O) groups is 2. The molecule has 1 atom stereocenters. The Balaban J connectivity index is 2.10. The maximum atomic E-state index is 13.1. The molecule has 3 rings (SSSR count). The summed E-state index contributed by atoms with van der Waals surface area (Å²) in [5, 5.41) is 11.2. The summed E-state index contributed by atoms with van der Waals surface area (Å²) in [4.78, 5) is 27.5. The van der Waals surface area contributed by atoms with Gasteiger partial charge in [0.25, 0.3) is 11.7 Å². The molecule has 0 aromatic heterocycles. The number of ketones is 1. The number of methoxy groups -OCH3 is 1. The first-order chi connectivity index (χ1) is 15.4. The molecule has 0 bridgehead atoms. The summed E-state index contributed by atoms with van der Waals surface area (Å²) >= 11 is 0. The van der Waals surface area contributed by atoms with Crippen molar-refractivity contribution < 1.29 is 24.2 Å². The van der Waals surface area contributed by atoms with E-state index in [9.17, 15) is 14.7 Å². The third-order valence-corrected chi connectivity index (χ3v) is 5.50. The Morgan fingerprint density at radius 1 is 1.16 bits per heavy atom. The van der Waals surface area contributed by atoms with Crippen LogP contribution >= 0.6 is 0 Å². The van der Waals surface area contributed by atoms with Crippen LogP contribution in [0.5, 0.6) is 5.75 Å². The number of hydrogen-bond acceptors (Lipinski definition) is 5. The lowest BCUT2D eigenvalue weighted by molar-refractivity contribution is -0.140. The molecule has 1 unspecified atom stereocenters. The Morgan fingerprint density at radius 2 is 1.88 bits per heavy atom. The molecule has 0 saturated carbocycles. The van der Waals surface area contributed by atoms with E-state index in [4.69, 9.17) is 9.47 Å². The molecule has 1 aliphatic heterocycles. The Bertz CT molecular complexity index is 1040. The highest BCUT2D eigenvalue weighted by Gasteiger charge is 2.45. The number of carbonyl (C=O) groups excluding carboxylic acids is 2. The molecule has 6 heteroatoms. The number of nitrogens with zero attached hydrogens (tertiary/aromatic N) is 1. The molecule has 1 saturated heterocycles. The first kappa shape index (κ1) is 23.3. The summed E-state index contributed by atoms with van der Waals surface area (Å²) in [5.41, 5.74) is 3.15. The lowest BCUT2D eigenvalue weighted by Gasteiger charge is -2.25. The van der Waals surface area contributed by atoms with Gasteiger partial charge in [0.2, 0.25) is 0 Å². The predicted octanol–water partition coefficient (Wildman–Crippen LogP) is 4.33. The molecule has 1 heterocycles. The fourth-order valence-electron chi connectivity index (χ4n) is 3.87. The van der Waals surface area contributed by atoms with Crippen LogP contribution in [0.1, 0.15) is 34.7 Å². The molecule has 0 aliphatic carbocycles. The van der Waals surface area contributed by atoms with Gasteiger partial charge in [-0.25, -0.2) is 0 Å². The molecule has 32 heavy (non-hydrogen) atoms. The van der Waals surface area contributed by atoms with Gasteiger partial charge in [-0.15, -0.1) is 0 Å². The van der Waals surface area contributed by atoms with Gasteiger partial charge in [0.05, 0.1) is 11.6 Å². The number of rotatable bonds is 9. The van der Waals surface area contributed by atoms with Gasteiger partial charge in [0.1, 0.15) is 18.1 Å². The van der Waals surface area contributed by atoms with E-state index in [1.54, 1.807) is 25.3 Å². The van der Waals surface area contributed by atoms with Crippen molar-refractivity contribution in [3.8, 4) is 5.75 Å². The van der Waals surface area contributed by atoms with Crippen LogP contribution in [0.4, 0.5) is 0 Å². The van der Waals surface area contributed by atoms with E-state index in [-0.39, 0.29) is 11.3 Å². The van der Waals surface area contributed by atoms with Crippen molar-refractivity contribution in [1.29, 1.82) is 0 Å².